The lowest BCUT2D eigenvalue weighted by molar-refractivity contribution is -0.145. The van der Waals surface area contributed by atoms with E-state index in [1.807, 2.05) is 6.92 Å². The fourth-order valence-corrected chi connectivity index (χ4v) is 2.09. The number of esters is 1. The number of hydrogen-bond donors (Lipinski definition) is 1. The van der Waals surface area contributed by atoms with Gasteiger partial charge in [-0.15, -0.1) is 0 Å². The molecule has 158 valence electrons. The van der Waals surface area contributed by atoms with Crippen LogP contribution in [0.2, 0.25) is 0 Å². The predicted octanol–water partition coefficient (Wildman–Crippen LogP) is 2.42. The van der Waals surface area contributed by atoms with E-state index in [1.165, 1.54) is 6.92 Å². The van der Waals surface area contributed by atoms with Gasteiger partial charge in [-0.1, -0.05) is 6.92 Å². The van der Waals surface area contributed by atoms with Crippen molar-refractivity contribution in [2.24, 2.45) is 0 Å². The van der Waals surface area contributed by atoms with Gasteiger partial charge in [-0.05, 0) is 30.7 Å². The number of anilines is 1. The summed E-state index contributed by atoms with van der Waals surface area (Å²) in [6.45, 7) is 6.78. The monoisotopic (exact) mass is 397 g/mol. The van der Waals surface area contributed by atoms with Crippen LogP contribution in [0.3, 0.4) is 0 Å². The molecule has 1 N–H and O–H groups in total. The Kier molecular flexibility index (Phi) is 13.5. The van der Waals surface area contributed by atoms with Crippen molar-refractivity contribution in [2.75, 3.05) is 58.2 Å². The lowest BCUT2D eigenvalue weighted by Crippen LogP contribution is -2.14. The average Bonchev–Trinajstić information content (AvgIpc) is 2.66. The van der Waals surface area contributed by atoms with Crippen LogP contribution >= 0.6 is 0 Å². The summed E-state index contributed by atoms with van der Waals surface area (Å²) in [7, 11) is 0. The summed E-state index contributed by atoms with van der Waals surface area (Å²) in [5.74, 6) is 0.417. The smallest absolute Gasteiger partial charge is 0.305 e. The van der Waals surface area contributed by atoms with Crippen LogP contribution in [0.15, 0.2) is 24.3 Å². The highest BCUT2D eigenvalue weighted by Gasteiger charge is 2.00. The van der Waals surface area contributed by atoms with Crippen molar-refractivity contribution in [3.63, 3.8) is 0 Å². The first-order valence-corrected chi connectivity index (χ1v) is 9.51. The molecule has 28 heavy (non-hydrogen) atoms. The van der Waals surface area contributed by atoms with Gasteiger partial charge in [0.25, 0.3) is 0 Å². The van der Waals surface area contributed by atoms with Crippen LogP contribution in [0.1, 0.15) is 26.7 Å². The lowest BCUT2D eigenvalue weighted by Gasteiger charge is -2.09. The first-order chi connectivity index (χ1) is 13.6. The second-order valence-electron chi connectivity index (χ2n) is 5.86. The fraction of sp³-hybridized carbons (Fsp3) is 0.600. The molecule has 0 atom stereocenters. The Bertz CT molecular complexity index is 548. The highest BCUT2D eigenvalue weighted by atomic mass is 16.6. The first-order valence-electron chi connectivity index (χ1n) is 9.51. The number of carbonyl (C=O) groups is 2. The van der Waals surface area contributed by atoms with Crippen molar-refractivity contribution in [3.05, 3.63) is 24.3 Å². The van der Waals surface area contributed by atoms with Crippen molar-refractivity contribution in [1.29, 1.82) is 0 Å². The number of nitrogens with one attached hydrogen (secondary N) is 1. The maximum absolute atomic E-state index is 11.1. The molecule has 0 radical (unpaired) electrons. The average molecular weight is 397 g/mol. The standard InChI is InChI=1S/C20H31NO7/c1-3-4-20(23)28-16-14-26-12-10-24-9-11-25-13-15-27-19-7-5-18(6-8-19)21-17(2)22/h5-8H,3-4,9-16H2,1-2H3,(H,21,22). The van der Waals surface area contributed by atoms with E-state index < -0.39 is 0 Å². The highest BCUT2D eigenvalue weighted by molar-refractivity contribution is 5.88. The molecule has 0 unspecified atom stereocenters. The normalized spacial score (nSPS) is 10.5. The number of hydrogen-bond acceptors (Lipinski definition) is 7. The summed E-state index contributed by atoms with van der Waals surface area (Å²) in [5, 5.41) is 2.69. The quantitative estimate of drug-likeness (QED) is 0.338. The van der Waals surface area contributed by atoms with Gasteiger partial charge in [-0.2, -0.15) is 0 Å². The Labute approximate surface area is 166 Å². The second-order valence-corrected chi connectivity index (χ2v) is 5.86. The molecule has 0 heterocycles. The van der Waals surface area contributed by atoms with Crippen molar-refractivity contribution in [2.45, 2.75) is 26.7 Å². The number of amides is 1. The third-order valence-corrected chi connectivity index (χ3v) is 3.36. The Morgan fingerprint density at radius 3 is 1.89 bits per heavy atom. The minimum absolute atomic E-state index is 0.108. The van der Waals surface area contributed by atoms with E-state index >= 15 is 0 Å². The highest BCUT2D eigenvalue weighted by Crippen LogP contribution is 2.15. The summed E-state index contributed by atoms with van der Waals surface area (Å²) >= 11 is 0. The van der Waals surface area contributed by atoms with E-state index in [-0.39, 0.29) is 18.5 Å². The third kappa shape index (κ3) is 13.1. The van der Waals surface area contributed by atoms with Gasteiger partial charge in [-0.25, -0.2) is 0 Å². The van der Waals surface area contributed by atoms with Gasteiger partial charge in [-0.3, -0.25) is 9.59 Å². The number of rotatable bonds is 16. The van der Waals surface area contributed by atoms with Crippen molar-refractivity contribution in [1.82, 2.24) is 0 Å². The zero-order chi connectivity index (χ0) is 20.5. The van der Waals surface area contributed by atoms with E-state index in [9.17, 15) is 9.59 Å². The zero-order valence-corrected chi connectivity index (χ0v) is 16.7. The maximum Gasteiger partial charge on any atom is 0.305 e. The lowest BCUT2D eigenvalue weighted by atomic mass is 10.3. The number of carbonyl (C=O) groups excluding carboxylic acids is 2. The second kappa shape index (κ2) is 15.9. The van der Waals surface area contributed by atoms with Crippen LogP contribution < -0.4 is 10.1 Å². The van der Waals surface area contributed by atoms with Crippen LogP contribution in [0.4, 0.5) is 5.69 Å². The molecular formula is C20H31NO7. The molecule has 0 aliphatic heterocycles. The minimum atomic E-state index is -0.189. The maximum atomic E-state index is 11.1. The molecule has 8 nitrogen and oxygen atoms in total. The molecule has 0 saturated heterocycles. The topological polar surface area (TPSA) is 92.3 Å². The SMILES string of the molecule is CCCC(=O)OCCOCCOCCOCCOc1ccc(NC(C)=O)cc1. The van der Waals surface area contributed by atoms with Crippen LogP contribution in [-0.2, 0) is 28.5 Å². The molecule has 1 aromatic rings. The molecule has 0 aliphatic carbocycles. The van der Waals surface area contributed by atoms with Gasteiger partial charge in [0, 0.05) is 19.0 Å². The third-order valence-electron chi connectivity index (χ3n) is 3.36. The van der Waals surface area contributed by atoms with Crippen LogP contribution in [0, 0.1) is 0 Å². The Hall–Kier alpha value is -2.16. The number of benzene rings is 1. The zero-order valence-electron chi connectivity index (χ0n) is 16.7. The van der Waals surface area contributed by atoms with Gasteiger partial charge in [0.1, 0.15) is 19.0 Å². The minimum Gasteiger partial charge on any atom is -0.491 e. The summed E-state index contributed by atoms with van der Waals surface area (Å²) < 4.78 is 26.6. The van der Waals surface area contributed by atoms with Crippen LogP contribution in [0.25, 0.3) is 0 Å². The summed E-state index contributed by atoms with van der Waals surface area (Å²) in [4.78, 5) is 22.1. The van der Waals surface area contributed by atoms with Crippen molar-refractivity contribution < 1.29 is 33.3 Å². The number of ether oxygens (including phenoxy) is 5. The van der Waals surface area contributed by atoms with E-state index in [1.54, 1.807) is 24.3 Å². The largest absolute Gasteiger partial charge is 0.491 e. The van der Waals surface area contributed by atoms with E-state index in [0.717, 1.165) is 12.1 Å². The molecule has 0 aromatic heterocycles. The molecule has 8 heteroatoms. The summed E-state index contributed by atoms with van der Waals surface area (Å²) in [6.07, 6.45) is 1.23. The van der Waals surface area contributed by atoms with Gasteiger partial charge < -0.3 is 29.0 Å². The Morgan fingerprint density at radius 1 is 0.821 bits per heavy atom. The molecule has 1 rings (SSSR count). The first kappa shape index (κ1) is 23.9. The molecular weight excluding hydrogens is 366 g/mol. The molecule has 1 amide bonds. The molecule has 0 bridgehead atoms. The molecule has 0 spiro atoms. The summed E-state index contributed by atoms with van der Waals surface area (Å²) in [6, 6.07) is 7.14. The van der Waals surface area contributed by atoms with Gasteiger partial charge in [0.15, 0.2) is 0 Å². The van der Waals surface area contributed by atoms with Crippen LogP contribution in [-0.4, -0.2) is 64.7 Å². The summed E-state index contributed by atoms with van der Waals surface area (Å²) in [5.41, 5.74) is 0.731. The molecule has 0 aliphatic rings. The Morgan fingerprint density at radius 2 is 1.36 bits per heavy atom. The van der Waals surface area contributed by atoms with E-state index in [0.29, 0.717) is 58.4 Å². The van der Waals surface area contributed by atoms with Crippen LogP contribution in [0.5, 0.6) is 5.75 Å². The molecule has 1 aromatic carbocycles. The molecule has 0 saturated carbocycles. The van der Waals surface area contributed by atoms with Gasteiger partial charge in [0.05, 0.1) is 39.6 Å². The van der Waals surface area contributed by atoms with E-state index in [2.05, 4.69) is 5.32 Å². The Balaban J connectivity index is 1.86. The predicted molar refractivity (Wildman–Crippen MR) is 105 cm³/mol. The van der Waals surface area contributed by atoms with Crippen molar-refractivity contribution >= 4 is 17.6 Å². The van der Waals surface area contributed by atoms with Gasteiger partial charge in [0.2, 0.25) is 5.91 Å². The van der Waals surface area contributed by atoms with Crippen molar-refractivity contribution in [3.8, 4) is 5.75 Å². The van der Waals surface area contributed by atoms with E-state index in [4.69, 9.17) is 23.7 Å². The molecule has 0 fully saturated rings. The fourth-order valence-electron chi connectivity index (χ4n) is 2.09. The van der Waals surface area contributed by atoms with Gasteiger partial charge >= 0.3 is 5.97 Å².